The quantitative estimate of drug-likeness (QED) is 0.846. The zero-order chi connectivity index (χ0) is 12.3. The molecule has 3 N–H and O–H groups in total. The van der Waals surface area contributed by atoms with Gasteiger partial charge in [0.25, 0.3) is 0 Å². The summed E-state index contributed by atoms with van der Waals surface area (Å²) in [5.41, 5.74) is 10.8. The van der Waals surface area contributed by atoms with E-state index in [1.807, 2.05) is 18.2 Å². The highest BCUT2D eigenvalue weighted by Crippen LogP contribution is 2.19. The molecule has 2 aromatic rings. The molecule has 0 saturated heterocycles. The van der Waals surface area contributed by atoms with Crippen LogP contribution < -0.4 is 5.73 Å². The maximum absolute atomic E-state index is 6.21. The number of nitrogens with zero attached hydrogens (tertiary/aromatic N) is 1. The summed E-state index contributed by atoms with van der Waals surface area (Å²) >= 11 is 0. The predicted octanol–water partition coefficient (Wildman–Crippen LogP) is 2.52. The van der Waals surface area contributed by atoms with Gasteiger partial charge in [0.15, 0.2) is 0 Å². The van der Waals surface area contributed by atoms with Crippen molar-refractivity contribution in [2.45, 2.75) is 32.7 Å². The molecule has 0 radical (unpaired) electrons. The van der Waals surface area contributed by atoms with Crippen LogP contribution in [-0.4, -0.2) is 10.2 Å². The maximum Gasteiger partial charge on any atom is 0.0824 e. The Hall–Kier alpha value is -1.61. The van der Waals surface area contributed by atoms with Gasteiger partial charge in [0.05, 0.1) is 11.7 Å². The van der Waals surface area contributed by atoms with E-state index >= 15 is 0 Å². The molecule has 17 heavy (non-hydrogen) atoms. The summed E-state index contributed by atoms with van der Waals surface area (Å²) in [5, 5.41) is 7.39. The zero-order valence-electron chi connectivity index (χ0n) is 10.4. The van der Waals surface area contributed by atoms with Crippen molar-refractivity contribution >= 4 is 0 Å². The zero-order valence-corrected chi connectivity index (χ0v) is 10.4. The first kappa shape index (κ1) is 11.9. The van der Waals surface area contributed by atoms with Crippen LogP contribution in [0.3, 0.4) is 0 Å². The Balaban J connectivity index is 2.14. The molecule has 1 unspecified atom stereocenters. The van der Waals surface area contributed by atoms with E-state index in [-0.39, 0.29) is 6.04 Å². The Morgan fingerprint density at radius 2 is 2.00 bits per heavy atom. The van der Waals surface area contributed by atoms with Gasteiger partial charge in [-0.1, -0.05) is 37.3 Å². The van der Waals surface area contributed by atoms with Gasteiger partial charge in [0.2, 0.25) is 0 Å². The molecule has 1 aromatic carbocycles. The fourth-order valence-corrected chi connectivity index (χ4v) is 2.12. The Bertz CT molecular complexity index is 473. The Labute approximate surface area is 102 Å². The molecule has 3 heteroatoms. The Kier molecular flexibility index (Phi) is 3.59. The number of aromatic nitrogens is 2. The van der Waals surface area contributed by atoms with Crippen LogP contribution in [0.25, 0.3) is 0 Å². The topological polar surface area (TPSA) is 54.7 Å². The highest BCUT2D eigenvalue weighted by atomic mass is 15.1. The molecule has 2 rings (SSSR count). The molecule has 1 heterocycles. The van der Waals surface area contributed by atoms with Crippen LogP contribution in [-0.2, 0) is 12.8 Å². The lowest BCUT2D eigenvalue weighted by Gasteiger charge is -2.10. The minimum atomic E-state index is -0.0334. The van der Waals surface area contributed by atoms with E-state index < -0.39 is 0 Å². The number of hydrogen-bond acceptors (Lipinski definition) is 2. The van der Waals surface area contributed by atoms with E-state index in [1.54, 1.807) is 0 Å². The molecule has 0 bridgehead atoms. The lowest BCUT2D eigenvalue weighted by molar-refractivity contribution is 0.688. The predicted molar refractivity (Wildman–Crippen MR) is 69.8 cm³/mol. The van der Waals surface area contributed by atoms with E-state index in [4.69, 9.17) is 5.73 Å². The number of aryl methyl sites for hydroxylation is 1. The fraction of sp³-hybridized carbons (Fsp3) is 0.357. The molecule has 90 valence electrons. The van der Waals surface area contributed by atoms with Gasteiger partial charge in [0, 0.05) is 5.69 Å². The van der Waals surface area contributed by atoms with Crippen LogP contribution in [0.1, 0.15) is 35.5 Å². The fourth-order valence-electron chi connectivity index (χ4n) is 2.12. The molecule has 0 saturated carbocycles. The van der Waals surface area contributed by atoms with Crippen LogP contribution in [0.5, 0.6) is 0 Å². The second-order valence-corrected chi connectivity index (χ2v) is 4.36. The average molecular weight is 229 g/mol. The van der Waals surface area contributed by atoms with Gasteiger partial charge in [-0.3, -0.25) is 5.10 Å². The SMILES string of the molecule is CCc1[nH]nc(C(N)Cc2ccccc2)c1C. The van der Waals surface area contributed by atoms with Crippen molar-refractivity contribution in [2.24, 2.45) is 5.73 Å². The number of aromatic amines is 1. The van der Waals surface area contributed by atoms with E-state index in [0.29, 0.717) is 0 Å². The van der Waals surface area contributed by atoms with Crippen molar-refractivity contribution in [3.05, 3.63) is 52.8 Å². The highest BCUT2D eigenvalue weighted by Gasteiger charge is 2.15. The van der Waals surface area contributed by atoms with Gasteiger partial charge in [-0.05, 0) is 30.9 Å². The van der Waals surface area contributed by atoms with Crippen LogP contribution in [0.15, 0.2) is 30.3 Å². The molecular weight excluding hydrogens is 210 g/mol. The van der Waals surface area contributed by atoms with E-state index in [2.05, 4.69) is 36.2 Å². The first-order valence-corrected chi connectivity index (χ1v) is 6.05. The summed E-state index contributed by atoms with van der Waals surface area (Å²) in [6, 6.07) is 10.3. The van der Waals surface area contributed by atoms with Gasteiger partial charge >= 0.3 is 0 Å². The van der Waals surface area contributed by atoms with Gasteiger partial charge in [-0.15, -0.1) is 0 Å². The highest BCUT2D eigenvalue weighted by molar-refractivity contribution is 5.28. The van der Waals surface area contributed by atoms with Gasteiger partial charge in [0.1, 0.15) is 0 Å². The summed E-state index contributed by atoms with van der Waals surface area (Å²) in [7, 11) is 0. The van der Waals surface area contributed by atoms with Gasteiger partial charge in [-0.2, -0.15) is 5.10 Å². The summed E-state index contributed by atoms with van der Waals surface area (Å²) < 4.78 is 0. The number of hydrogen-bond donors (Lipinski definition) is 2. The minimum absolute atomic E-state index is 0.0334. The number of benzene rings is 1. The van der Waals surface area contributed by atoms with Crippen LogP contribution in [0.2, 0.25) is 0 Å². The summed E-state index contributed by atoms with van der Waals surface area (Å²) in [6.07, 6.45) is 1.80. The Morgan fingerprint density at radius 1 is 1.29 bits per heavy atom. The molecule has 0 amide bonds. The van der Waals surface area contributed by atoms with E-state index in [9.17, 15) is 0 Å². The van der Waals surface area contributed by atoms with Crippen LogP contribution >= 0.6 is 0 Å². The van der Waals surface area contributed by atoms with Crippen molar-refractivity contribution in [3.63, 3.8) is 0 Å². The lowest BCUT2D eigenvalue weighted by Crippen LogP contribution is -2.15. The van der Waals surface area contributed by atoms with Crippen LogP contribution in [0.4, 0.5) is 0 Å². The third-order valence-corrected chi connectivity index (χ3v) is 3.15. The average Bonchev–Trinajstić information content (AvgIpc) is 2.71. The maximum atomic E-state index is 6.21. The third-order valence-electron chi connectivity index (χ3n) is 3.15. The minimum Gasteiger partial charge on any atom is -0.322 e. The van der Waals surface area contributed by atoms with Gasteiger partial charge < -0.3 is 5.73 Å². The normalized spacial score (nSPS) is 12.6. The molecule has 3 nitrogen and oxygen atoms in total. The third kappa shape index (κ3) is 2.56. The molecule has 0 fully saturated rings. The summed E-state index contributed by atoms with van der Waals surface area (Å²) in [5.74, 6) is 0. The summed E-state index contributed by atoms with van der Waals surface area (Å²) in [4.78, 5) is 0. The van der Waals surface area contributed by atoms with Crippen molar-refractivity contribution in [3.8, 4) is 0 Å². The molecule has 1 aromatic heterocycles. The first-order valence-electron chi connectivity index (χ1n) is 6.05. The number of nitrogens with two attached hydrogens (primary N) is 1. The van der Waals surface area contributed by atoms with Crippen LogP contribution in [0, 0.1) is 6.92 Å². The van der Waals surface area contributed by atoms with Crippen molar-refractivity contribution in [1.82, 2.24) is 10.2 Å². The molecule has 0 aliphatic rings. The van der Waals surface area contributed by atoms with Crippen molar-refractivity contribution in [2.75, 3.05) is 0 Å². The largest absolute Gasteiger partial charge is 0.322 e. The molecule has 0 aliphatic heterocycles. The van der Waals surface area contributed by atoms with E-state index in [1.165, 1.54) is 16.8 Å². The molecule has 0 spiro atoms. The first-order chi connectivity index (χ1) is 8.22. The molecule has 0 aliphatic carbocycles. The second kappa shape index (κ2) is 5.15. The standard InChI is InChI=1S/C14H19N3/c1-3-13-10(2)14(17-16-13)12(15)9-11-7-5-4-6-8-11/h4-8,12H,3,9,15H2,1-2H3,(H,16,17). The number of nitrogens with one attached hydrogen (secondary N) is 1. The van der Waals surface area contributed by atoms with E-state index in [0.717, 1.165) is 18.5 Å². The Morgan fingerprint density at radius 3 is 2.59 bits per heavy atom. The van der Waals surface area contributed by atoms with Gasteiger partial charge in [-0.25, -0.2) is 0 Å². The summed E-state index contributed by atoms with van der Waals surface area (Å²) in [6.45, 7) is 4.20. The smallest absolute Gasteiger partial charge is 0.0824 e. The molecule has 1 atom stereocenters. The number of rotatable bonds is 4. The second-order valence-electron chi connectivity index (χ2n) is 4.36. The van der Waals surface area contributed by atoms with Crippen molar-refractivity contribution < 1.29 is 0 Å². The van der Waals surface area contributed by atoms with Crippen molar-refractivity contribution in [1.29, 1.82) is 0 Å². The number of H-pyrrole nitrogens is 1. The lowest BCUT2D eigenvalue weighted by atomic mass is 10.0. The molecular formula is C14H19N3. The monoisotopic (exact) mass is 229 g/mol.